The molecule has 1 aromatic rings. The fourth-order valence-corrected chi connectivity index (χ4v) is 6.39. The predicted molar refractivity (Wildman–Crippen MR) is 104 cm³/mol. The molecule has 1 aromatic carbocycles. The van der Waals surface area contributed by atoms with Crippen molar-refractivity contribution in [3.8, 4) is 5.75 Å². The molecule has 25 heavy (non-hydrogen) atoms. The largest absolute Gasteiger partial charge is 0.491 e. The summed E-state index contributed by atoms with van der Waals surface area (Å²) < 4.78 is 8.17. The van der Waals surface area contributed by atoms with Crippen molar-refractivity contribution >= 4 is 31.9 Å². The van der Waals surface area contributed by atoms with Crippen molar-refractivity contribution in [3.05, 3.63) is 26.6 Å². The van der Waals surface area contributed by atoms with Gasteiger partial charge in [0.25, 0.3) is 0 Å². The maximum absolute atomic E-state index is 11.5. The Bertz CT molecular complexity index is 610. The SMILES string of the molecule is OC1c2cc(Br)cc(Br)c2OCC1(C[NH+]1CCCC1)C[NH+]1CCCC1. The van der Waals surface area contributed by atoms with Gasteiger partial charge in [0.15, 0.2) is 0 Å². The monoisotopic (exact) mass is 474 g/mol. The summed E-state index contributed by atoms with van der Waals surface area (Å²) in [5, 5.41) is 11.5. The van der Waals surface area contributed by atoms with Crippen molar-refractivity contribution in [2.75, 3.05) is 45.9 Å². The number of fused-ring (bicyclic) bond motifs is 1. The van der Waals surface area contributed by atoms with E-state index in [-0.39, 0.29) is 5.41 Å². The van der Waals surface area contributed by atoms with Gasteiger partial charge < -0.3 is 19.6 Å². The van der Waals surface area contributed by atoms with Crippen molar-refractivity contribution in [1.29, 1.82) is 0 Å². The standard InChI is InChI=1S/C19H26Br2N2O2/c20-14-9-15-17(16(21)10-14)25-13-19(18(15)24,11-22-5-1-2-6-22)12-23-7-3-4-8-23/h9-10,18,24H,1-8,11-13H2/p+2. The highest BCUT2D eigenvalue weighted by Crippen LogP contribution is 2.46. The second-order valence-corrected chi connectivity index (χ2v) is 9.90. The number of hydrogen-bond acceptors (Lipinski definition) is 2. The average Bonchev–Trinajstić information content (AvgIpc) is 3.25. The van der Waals surface area contributed by atoms with Gasteiger partial charge in [0, 0.05) is 35.7 Å². The minimum atomic E-state index is -0.466. The summed E-state index contributed by atoms with van der Waals surface area (Å²) >= 11 is 7.17. The molecule has 6 heteroatoms. The van der Waals surface area contributed by atoms with Crippen molar-refractivity contribution in [1.82, 2.24) is 0 Å². The summed E-state index contributed by atoms with van der Waals surface area (Å²) in [6, 6.07) is 4.04. The molecule has 3 aliphatic rings. The molecule has 0 amide bonds. The van der Waals surface area contributed by atoms with Crippen LogP contribution in [0.3, 0.4) is 0 Å². The van der Waals surface area contributed by atoms with Crippen LogP contribution in [0.4, 0.5) is 0 Å². The first-order chi connectivity index (χ1) is 12.1. The van der Waals surface area contributed by atoms with Crippen LogP contribution in [0, 0.1) is 5.41 Å². The number of rotatable bonds is 4. The Labute approximate surface area is 166 Å². The lowest BCUT2D eigenvalue weighted by molar-refractivity contribution is -0.921. The van der Waals surface area contributed by atoms with Crippen LogP contribution in [-0.4, -0.2) is 51.0 Å². The van der Waals surface area contributed by atoms with Crippen LogP contribution in [0.2, 0.25) is 0 Å². The van der Waals surface area contributed by atoms with Crippen LogP contribution in [0.5, 0.6) is 5.75 Å². The topological polar surface area (TPSA) is 38.3 Å². The van der Waals surface area contributed by atoms with E-state index in [1.165, 1.54) is 51.9 Å². The van der Waals surface area contributed by atoms with Crippen LogP contribution in [0.1, 0.15) is 37.4 Å². The normalized spacial score (nSPS) is 26.6. The van der Waals surface area contributed by atoms with Gasteiger partial charge in [0.1, 0.15) is 23.9 Å². The fourth-order valence-electron chi connectivity index (χ4n) is 5.02. The molecule has 0 aromatic heterocycles. The molecule has 4 rings (SSSR count). The number of hydrogen-bond donors (Lipinski definition) is 3. The molecule has 1 atom stereocenters. The summed E-state index contributed by atoms with van der Waals surface area (Å²) in [5.74, 6) is 0.819. The molecule has 3 heterocycles. The smallest absolute Gasteiger partial charge is 0.139 e. The van der Waals surface area contributed by atoms with E-state index >= 15 is 0 Å². The second kappa shape index (κ2) is 7.47. The van der Waals surface area contributed by atoms with Gasteiger partial charge in [-0.05, 0) is 28.1 Å². The maximum atomic E-state index is 11.5. The van der Waals surface area contributed by atoms with E-state index in [1.54, 1.807) is 9.80 Å². The number of quaternary nitrogens is 2. The molecule has 4 nitrogen and oxygen atoms in total. The third-order valence-electron chi connectivity index (χ3n) is 6.24. The highest BCUT2D eigenvalue weighted by molar-refractivity contribution is 9.11. The first-order valence-corrected chi connectivity index (χ1v) is 11.1. The Morgan fingerprint density at radius 2 is 1.56 bits per heavy atom. The number of likely N-dealkylation sites (tertiary alicyclic amines) is 2. The molecule has 0 radical (unpaired) electrons. The van der Waals surface area contributed by atoms with Crippen LogP contribution in [0.15, 0.2) is 21.1 Å². The van der Waals surface area contributed by atoms with Crippen LogP contribution in [0.25, 0.3) is 0 Å². The molecule has 0 aliphatic carbocycles. The Morgan fingerprint density at radius 3 is 2.12 bits per heavy atom. The summed E-state index contributed by atoms with van der Waals surface area (Å²) in [6.45, 7) is 7.59. The van der Waals surface area contributed by atoms with Crippen LogP contribution in [-0.2, 0) is 0 Å². The minimum Gasteiger partial charge on any atom is -0.491 e. The Kier molecular flexibility index (Phi) is 5.45. The van der Waals surface area contributed by atoms with Gasteiger partial charge in [-0.1, -0.05) is 15.9 Å². The lowest BCUT2D eigenvalue weighted by Gasteiger charge is -2.43. The fraction of sp³-hybridized carbons (Fsp3) is 0.684. The quantitative estimate of drug-likeness (QED) is 0.607. The molecule has 1 unspecified atom stereocenters. The summed E-state index contributed by atoms with van der Waals surface area (Å²) in [4.78, 5) is 3.28. The molecule has 0 bridgehead atoms. The third kappa shape index (κ3) is 3.65. The third-order valence-corrected chi connectivity index (χ3v) is 7.29. The molecule has 138 valence electrons. The lowest BCUT2D eigenvalue weighted by Crippen LogP contribution is -3.16. The van der Waals surface area contributed by atoms with Crippen molar-refractivity contribution in [2.24, 2.45) is 5.41 Å². The van der Waals surface area contributed by atoms with Crippen LogP contribution >= 0.6 is 31.9 Å². The van der Waals surface area contributed by atoms with Crippen LogP contribution < -0.4 is 14.5 Å². The van der Waals surface area contributed by atoms with E-state index in [4.69, 9.17) is 4.74 Å². The van der Waals surface area contributed by atoms with Crippen molar-refractivity contribution in [2.45, 2.75) is 31.8 Å². The van der Waals surface area contributed by atoms with E-state index in [9.17, 15) is 5.11 Å². The zero-order valence-electron chi connectivity index (χ0n) is 14.6. The molecule has 2 saturated heterocycles. The molecular weight excluding hydrogens is 448 g/mol. The molecule has 3 aliphatic heterocycles. The Hall–Kier alpha value is -0.140. The lowest BCUT2D eigenvalue weighted by atomic mass is 9.76. The summed E-state index contributed by atoms with van der Waals surface area (Å²) in [7, 11) is 0. The highest BCUT2D eigenvalue weighted by Gasteiger charge is 2.51. The number of aliphatic hydroxyl groups excluding tert-OH is 1. The minimum absolute atomic E-state index is 0.188. The average molecular weight is 476 g/mol. The predicted octanol–water partition coefficient (Wildman–Crippen LogP) is 0.981. The van der Waals surface area contributed by atoms with E-state index in [0.29, 0.717) is 6.61 Å². The molecule has 3 N–H and O–H groups in total. The number of nitrogens with one attached hydrogen (secondary N) is 2. The highest BCUT2D eigenvalue weighted by atomic mass is 79.9. The summed E-state index contributed by atoms with van der Waals surface area (Å²) in [6.07, 6.45) is 4.78. The molecule has 0 saturated carbocycles. The van der Waals surface area contributed by atoms with Gasteiger partial charge in [-0.15, -0.1) is 0 Å². The first kappa shape index (κ1) is 18.2. The van der Waals surface area contributed by atoms with Gasteiger partial charge in [0.2, 0.25) is 0 Å². The van der Waals surface area contributed by atoms with Gasteiger partial charge in [0.05, 0.1) is 43.7 Å². The first-order valence-electron chi connectivity index (χ1n) is 9.54. The number of aliphatic hydroxyl groups is 1. The second-order valence-electron chi connectivity index (χ2n) is 8.13. The molecular formula is C19H28Br2N2O2+2. The Balaban J connectivity index is 1.66. The van der Waals surface area contributed by atoms with E-state index in [0.717, 1.165) is 33.3 Å². The zero-order valence-corrected chi connectivity index (χ0v) is 17.8. The maximum Gasteiger partial charge on any atom is 0.139 e. The Morgan fingerprint density at radius 1 is 1.00 bits per heavy atom. The number of ether oxygens (including phenoxy) is 1. The van der Waals surface area contributed by atoms with Gasteiger partial charge >= 0.3 is 0 Å². The summed E-state index contributed by atoms with van der Waals surface area (Å²) in [5.41, 5.74) is 0.747. The zero-order chi connectivity index (χ0) is 17.4. The van der Waals surface area contributed by atoms with E-state index in [2.05, 4.69) is 31.9 Å². The molecule has 0 spiro atoms. The molecule has 2 fully saturated rings. The van der Waals surface area contributed by atoms with Crippen molar-refractivity contribution in [3.63, 3.8) is 0 Å². The number of benzene rings is 1. The van der Waals surface area contributed by atoms with Gasteiger partial charge in [-0.3, -0.25) is 0 Å². The van der Waals surface area contributed by atoms with E-state index in [1.807, 2.05) is 12.1 Å². The van der Waals surface area contributed by atoms with E-state index < -0.39 is 6.10 Å². The van der Waals surface area contributed by atoms with Gasteiger partial charge in [-0.25, -0.2) is 0 Å². The van der Waals surface area contributed by atoms with Gasteiger partial charge in [-0.2, -0.15) is 0 Å². The van der Waals surface area contributed by atoms with Crippen molar-refractivity contribution < 1.29 is 19.6 Å². The number of halogens is 2.